The molecular weight excluding hydrogens is 352 g/mol. The molecular formula is C22H18N4S. The molecule has 0 saturated carbocycles. The van der Waals surface area contributed by atoms with E-state index >= 15 is 0 Å². The predicted molar refractivity (Wildman–Crippen MR) is 112 cm³/mol. The molecule has 0 spiro atoms. The van der Waals surface area contributed by atoms with Crippen LogP contribution in [0.5, 0.6) is 0 Å². The first-order chi connectivity index (χ1) is 13.3. The van der Waals surface area contributed by atoms with Crippen LogP contribution in [0, 0.1) is 4.77 Å². The highest BCUT2D eigenvalue weighted by Gasteiger charge is 2.12. The third-order valence-electron chi connectivity index (χ3n) is 5.00. The summed E-state index contributed by atoms with van der Waals surface area (Å²) in [6.45, 7) is 0.834. The van der Waals surface area contributed by atoms with E-state index in [0.717, 1.165) is 24.5 Å². The van der Waals surface area contributed by atoms with Gasteiger partial charge in [0.15, 0.2) is 4.77 Å². The van der Waals surface area contributed by atoms with E-state index in [1.807, 2.05) is 22.8 Å². The van der Waals surface area contributed by atoms with Crippen LogP contribution in [0.2, 0.25) is 0 Å². The Morgan fingerprint density at radius 3 is 2.04 bits per heavy atom. The lowest BCUT2D eigenvalue weighted by molar-refractivity contribution is 0.697. The van der Waals surface area contributed by atoms with Gasteiger partial charge in [0.1, 0.15) is 5.82 Å². The molecule has 27 heavy (non-hydrogen) atoms. The van der Waals surface area contributed by atoms with E-state index in [1.165, 1.54) is 21.8 Å². The Hall–Kier alpha value is -3.18. The fraction of sp³-hybridized carbons (Fsp3) is 0.0909. The van der Waals surface area contributed by atoms with E-state index in [0.29, 0.717) is 4.77 Å². The quantitative estimate of drug-likeness (QED) is 0.437. The summed E-state index contributed by atoms with van der Waals surface area (Å²) < 4.78 is 5.01. The SMILES string of the molecule is S=c1[nH]nc(CCn2c3ccccc3c3ccccc32)n1-c1ccccc1. The average Bonchev–Trinajstić information content (AvgIpc) is 3.25. The van der Waals surface area contributed by atoms with E-state index < -0.39 is 0 Å². The lowest BCUT2D eigenvalue weighted by Crippen LogP contribution is -2.07. The number of rotatable bonds is 4. The molecule has 0 fully saturated rings. The van der Waals surface area contributed by atoms with Gasteiger partial charge < -0.3 is 4.57 Å². The number of benzene rings is 3. The number of nitrogens with zero attached hydrogens (tertiary/aromatic N) is 3. The highest BCUT2D eigenvalue weighted by atomic mass is 32.1. The summed E-state index contributed by atoms with van der Waals surface area (Å²) in [4.78, 5) is 0. The van der Waals surface area contributed by atoms with Crippen molar-refractivity contribution >= 4 is 34.0 Å². The topological polar surface area (TPSA) is 38.5 Å². The van der Waals surface area contributed by atoms with Gasteiger partial charge in [0, 0.05) is 40.5 Å². The zero-order valence-electron chi connectivity index (χ0n) is 14.7. The van der Waals surface area contributed by atoms with Crippen LogP contribution in [0.15, 0.2) is 78.9 Å². The number of nitrogens with one attached hydrogen (secondary N) is 1. The highest BCUT2D eigenvalue weighted by molar-refractivity contribution is 7.71. The number of aryl methyl sites for hydroxylation is 2. The predicted octanol–water partition coefficient (Wildman–Crippen LogP) is 5.28. The molecule has 2 aromatic heterocycles. The summed E-state index contributed by atoms with van der Waals surface area (Å²) in [6, 6.07) is 27.3. The molecule has 0 aliphatic heterocycles. The van der Waals surface area contributed by atoms with E-state index in [-0.39, 0.29) is 0 Å². The van der Waals surface area contributed by atoms with Crippen molar-refractivity contribution in [1.29, 1.82) is 0 Å². The van der Waals surface area contributed by atoms with Gasteiger partial charge in [-0.1, -0.05) is 54.6 Å². The first kappa shape index (κ1) is 16.0. The molecule has 0 aliphatic rings. The molecule has 3 aromatic carbocycles. The van der Waals surface area contributed by atoms with Crippen LogP contribution >= 0.6 is 12.2 Å². The molecule has 1 N–H and O–H groups in total. The second kappa shape index (κ2) is 6.52. The van der Waals surface area contributed by atoms with Crippen molar-refractivity contribution in [3.05, 3.63) is 89.5 Å². The summed E-state index contributed by atoms with van der Waals surface area (Å²) >= 11 is 5.46. The Kier molecular flexibility index (Phi) is 3.87. The van der Waals surface area contributed by atoms with Crippen LogP contribution in [0.3, 0.4) is 0 Å². The van der Waals surface area contributed by atoms with Gasteiger partial charge in [0.2, 0.25) is 0 Å². The van der Waals surface area contributed by atoms with Gasteiger partial charge in [-0.15, -0.1) is 0 Å². The monoisotopic (exact) mass is 370 g/mol. The molecule has 4 nitrogen and oxygen atoms in total. The maximum absolute atomic E-state index is 5.46. The summed E-state index contributed by atoms with van der Waals surface area (Å²) in [6.07, 6.45) is 0.782. The molecule has 0 bridgehead atoms. The minimum atomic E-state index is 0.624. The van der Waals surface area contributed by atoms with Crippen LogP contribution in [-0.4, -0.2) is 19.3 Å². The van der Waals surface area contributed by atoms with Crippen molar-refractivity contribution in [1.82, 2.24) is 19.3 Å². The fourth-order valence-electron chi connectivity index (χ4n) is 3.80. The van der Waals surface area contributed by atoms with Gasteiger partial charge in [-0.2, -0.15) is 5.10 Å². The fourth-order valence-corrected chi connectivity index (χ4v) is 4.05. The largest absolute Gasteiger partial charge is 0.340 e. The van der Waals surface area contributed by atoms with Gasteiger partial charge in [0.05, 0.1) is 0 Å². The number of hydrogen-bond acceptors (Lipinski definition) is 2. The van der Waals surface area contributed by atoms with Gasteiger partial charge in [-0.25, -0.2) is 0 Å². The second-order valence-corrected chi connectivity index (χ2v) is 6.94. The number of para-hydroxylation sites is 3. The molecule has 5 heteroatoms. The summed E-state index contributed by atoms with van der Waals surface area (Å²) in [5.41, 5.74) is 3.53. The molecule has 0 saturated heterocycles. The van der Waals surface area contributed by atoms with Gasteiger partial charge in [0.25, 0.3) is 0 Å². The van der Waals surface area contributed by atoms with Crippen molar-refractivity contribution in [2.45, 2.75) is 13.0 Å². The average molecular weight is 370 g/mol. The highest BCUT2D eigenvalue weighted by Crippen LogP contribution is 2.29. The molecule has 0 aliphatic carbocycles. The molecule has 0 amide bonds. The minimum absolute atomic E-state index is 0.624. The first-order valence-corrected chi connectivity index (χ1v) is 9.41. The van der Waals surface area contributed by atoms with Crippen molar-refractivity contribution in [2.75, 3.05) is 0 Å². The number of aromatic amines is 1. The van der Waals surface area contributed by atoms with Gasteiger partial charge in [-0.3, -0.25) is 9.67 Å². The number of H-pyrrole nitrogens is 1. The van der Waals surface area contributed by atoms with Crippen LogP contribution in [0.4, 0.5) is 0 Å². The first-order valence-electron chi connectivity index (χ1n) is 9.00. The summed E-state index contributed by atoms with van der Waals surface area (Å²) in [7, 11) is 0. The van der Waals surface area contributed by atoms with Crippen molar-refractivity contribution in [2.24, 2.45) is 0 Å². The maximum atomic E-state index is 5.46. The normalized spacial score (nSPS) is 11.4. The van der Waals surface area contributed by atoms with Crippen LogP contribution < -0.4 is 0 Å². The third-order valence-corrected chi connectivity index (χ3v) is 5.27. The van der Waals surface area contributed by atoms with Gasteiger partial charge in [-0.05, 0) is 36.5 Å². The third kappa shape index (κ3) is 2.67. The lowest BCUT2D eigenvalue weighted by Gasteiger charge is -2.09. The molecule has 0 atom stereocenters. The second-order valence-electron chi connectivity index (χ2n) is 6.55. The van der Waals surface area contributed by atoms with E-state index in [2.05, 4.69) is 75.4 Å². The standard InChI is InChI=1S/C22H18N4S/c27-22-24-23-21(26(22)16-8-2-1-3-9-16)14-15-25-19-12-6-4-10-17(19)18-11-5-7-13-20(18)25/h1-13H,14-15H2,(H,24,27). The van der Waals surface area contributed by atoms with Crippen LogP contribution in [0.25, 0.3) is 27.5 Å². The molecule has 2 heterocycles. The molecule has 5 rings (SSSR count). The maximum Gasteiger partial charge on any atom is 0.199 e. The Morgan fingerprint density at radius 2 is 1.37 bits per heavy atom. The minimum Gasteiger partial charge on any atom is -0.340 e. The zero-order chi connectivity index (χ0) is 18.2. The van der Waals surface area contributed by atoms with Crippen molar-refractivity contribution in [3.63, 3.8) is 0 Å². The molecule has 132 valence electrons. The molecule has 0 radical (unpaired) electrons. The summed E-state index contributed by atoms with van der Waals surface area (Å²) in [5, 5.41) is 10.0. The van der Waals surface area contributed by atoms with E-state index in [9.17, 15) is 0 Å². The van der Waals surface area contributed by atoms with E-state index in [1.54, 1.807) is 0 Å². The Balaban J connectivity index is 1.58. The van der Waals surface area contributed by atoms with Crippen LogP contribution in [-0.2, 0) is 13.0 Å². The smallest absolute Gasteiger partial charge is 0.199 e. The number of aromatic nitrogens is 4. The Labute approximate surface area is 161 Å². The Bertz CT molecular complexity index is 1240. The van der Waals surface area contributed by atoms with Crippen molar-refractivity contribution < 1.29 is 0 Å². The molecule has 5 aromatic rings. The summed E-state index contributed by atoms with van der Waals surface area (Å²) in [5.74, 6) is 0.938. The van der Waals surface area contributed by atoms with Crippen LogP contribution in [0.1, 0.15) is 5.82 Å². The Morgan fingerprint density at radius 1 is 0.778 bits per heavy atom. The lowest BCUT2D eigenvalue weighted by atomic mass is 10.2. The van der Waals surface area contributed by atoms with Crippen molar-refractivity contribution in [3.8, 4) is 5.69 Å². The van der Waals surface area contributed by atoms with E-state index in [4.69, 9.17) is 12.2 Å². The number of hydrogen-bond donors (Lipinski definition) is 1. The molecule has 0 unspecified atom stereocenters. The zero-order valence-corrected chi connectivity index (χ0v) is 15.5. The van der Waals surface area contributed by atoms with Gasteiger partial charge >= 0.3 is 0 Å². The number of fused-ring (bicyclic) bond motifs is 3.